The van der Waals surface area contributed by atoms with Gasteiger partial charge in [0.25, 0.3) is 12.0 Å². The fourth-order valence-corrected chi connectivity index (χ4v) is 2.07. The molecule has 2 rings (SSSR count). The molecule has 0 amide bonds. The normalized spacial score (nSPS) is 11.4. The Hall–Kier alpha value is -1.23. The number of alkyl halides is 2. The van der Waals surface area contributed by atoms with Crippen LogP contribution in [0.4, 0.5) is 8.78 Å². The summed E-state index contributed by atoms with van der Waals surface area (Å²) in [6, 6.07) is 3.34. The molecule has 0 radical (unpaired) electrons. The van der Waals surface area contributed by atoms with Gasteiger partial charge in [0.15, 0.2) is 0 Å². The molecule has 74 valence electrons. The van der Waals surface area contributed by atoms with E-state index in [-0.39, 0.29) is 5.56 Å². The Morgan fingerprint density at radius 2 is 2.21 bits per heavy atom. The van der Waals surface area contributed by atoms with Crippen LogP contribution < -0.4 is 5.56 Å². The lowest BCUT2D eigenvalue weighted by Crippen LogP contribution is -2.22. The quantitative estimate of drug-likeness (QED) is 0.753. The maximum Gasteiger partial charge on any atom is 0.259 e. The van der Waals surface area contributed by atoms with Gasteiger partial charge in [-0.15, -0.1) is 11.3 Å². The molecule has 2 aromatic heterocycles. The molecule has 2 aromatic rings. The van der Waals surface area contributed by atoms with Crippen molar-refractivity contribution >= 4 is 21.4 Å². The predicted octanol–water partition coefficient (Wildman–Crippen LogP) is 2.33. The third-order valence-corrected chi connectivity index (χ3v) is 2.81. The lowest BCUT2D eigenvalue weighted by molar-refractivity contribution is 0.125. The van der Waals surface area contributed by atoms with Gasteiger partial charge in [-0.25, -0.2) is 8.78 Å². The van der Waals surface area contributed by atoms with Crippen LogP contribution in [0.5, 0.6) is 0 Å². The molecular formula is C9H7F2NOS. The van der Waals surface area contributed by atoms with Crippen LogP contribution in [0.15, 0.2) is 28.5 Å². The zero-order valence-electron chi connectivity index (χ0n) is 7.11. The van der Waals surface area contributed by atoms with E-state index >= 15 is 0 Å². The van der Waals surface area contributed by atoms with Crippen molar-refractivity contribution in [2.75, 3.05) is 0 Å². The number of thiophene rings is 1. The van der Waals surface area contributed by atoms with E-state index in [0.29, 0.717) is 5.39 Å². The van der Waals surface area contributed by atoms with Gasteiger partial charge in [-0.05, 0) is 17.5 Å². The second kappa shape index (κ2) is 3.49. The van der Waals surface area contributed by atoms with Crippen LogP contribution in [0.25, 0.3) is 10.1 Å². The van der Waals surface area contributed by atoms with Crippen molar-refractivity contribution in [3.63, 3.8) is 0 Å². The average Bonchev–Trinajstić information content (AvgIpc) is 2.57. The molecule has 0 aliphatic rings. The zero-order chi connectivity index (χ0) is 10.1. The van der Waals surface area contributed by atoms with E-state index in [1.807, 2.05) is 0 Å². The molecule has 0 saturated heterocycles. The van der Waals surface area contributed by atoms with Gasteiger partial charge in [0.1, 0.15) is 0 Å². The maximum atomic E-state index is 12.1. The molecule has 0 bridgehead atoms. The molecule has 0 fully saturated rings. The maximum absolute atomic E-state index is 12.1. The van der Waals surface area contributed by atoms with Gasteiger partial charge in [0.05, 0.1) is 11.9 Å². The topological polar surface area (TPSA) is 22.0 Å². The Balaban J connectivity index is 2.57. The first-order valence-electron chi connectivity index (χ1n) is 4.03. The standard InChI is InChI=1S/C9H7F2NOS/c10-8(11)5-12-3-1-7-6(9(12)13)2-4-14-7/h1-4,8H,5H2. The van der Waals surface area contributed by atoms with Crippen LogP contribution in [-0.2, 0) is 6.54 Å². The van der Waals surface area contributed by atoms with Crippen molar-refractivity contribution in [2.45, 2.75) is 13.0 Å². The minimum absolute atomic E-state index is 0.343. The second-order valence-electron chi connectivity index (χ2n) is 2.86. The van der Waals surface area contributed by atoms with Crippen molar-refractivity contribution in [1.82, 2.24) is 4.57 Å². The number of fused-ring (bicyclic) bond motifs is 1. The van der Waals surface area contributed by atoms with Crippen LogP contribution in [0.3, 0.4) is 0 Å². The molecule has 0 spiro atoms. The lowest BCUT2D eigenvalue weighted by atomic mass is 10.3. The fourth-order valence-electron chi connectivity index (χ4n) is 1.30. The van der Waals surface area contributed by atoms with Crippen molar-refractivity contribution in [1.29, 1.82) is 0 Å². The van der Waals surface area contributed by atoms with Crippen molar-refractivity contribution in [3.8, 4) is 0 Å². The van der Waals surface area contributed by atoms with E-state index in [9.17, 15) is 13.6 Å². The molecule has 0 aliphatic heterocycles. The third-order valence-electron chi connectivity index (χ3n) is 1.93. The van der Waals surface area contributed by atoms with E-state index < -0.39 is 13.0 Å². The zero-order valence-corrected chi connectivity index (χ0v) is 7.93. The highest BCUT2D eigenvalue weighted by molar-refractivity contribution is 7.17. The summed E-state index contributed by atoms with van der Waals surface area (Å²) in [7, 11) is 0. The predicted molar refractivity (Wildman–Crippen MR) is 52.1 cm³/mol. The molecule has 0 aromatic carbocycles. The molecule has 0 saturated carbocycles. The third kappa shape index (κ3) is 1.55. The SMILES string of the molecule is O=c1c2ccsc2ccn1CC(F)F. The molecular weight excluding hydrogens is 208 g/mol. The highest BCUT2D eigenvalue weighted by Gasteiger charge is 2.08. The number of halogens is 2. The van der Waals surface area contributed by atoms with Gasteiger partial charge >= 0.3 is 0 Å². The Bertz CT molecular complexity index is 503. The van der Waals surface area contributed by atoms with Gasteiger partial charge in [-0.1, -0.05) is 0 Å². The van der Waals surface area contributed by atoms with Crippen LogP contribution in [0.2, 0.25) is 0 Å². The first-order chi connectivity index (χ1) is 6.68. The fraction of sp³-hybridized carbons (Fsp3) is 0.222. The number of nitrogens with zero attached hydrogens (tertiary/aromatic N) is 1. The minimum Gasteiger partial charge on any atom is -0.309 e. The Morgan fingerprint density at radius 1 is 1.43 bits per heavy atom. The molecule has 0 N–H and O–H groups in total. The van der Waals surface area contributed by atoms with Gasteiger partial charge in [0.2, 0.25) is 0 Å². The average molecular weight is 215 g/mol. The smallest absolute Gasteiger partial charge is 0.259 e. The molecule has 0 aliphatic carbocycles. The Kier molecular flexibility index (Phi) is 2.33. The Labute approximate surface area is 82.4 Å². The van der Waals surface area contributed by atoms with Gasteiger partial charge in [-0.2, -0.15) is 0 Å². The van der Waals surface area contributed by atoms with Crippen molar-refractivity contribution in [3.05, 3.63) is 34.1 Å². The summed E-state index contributed by atoms with van der Waals surface area (Å²) in [6.07, 6.45) is -1.09. The highest BCUT2D eigenvalue weighted by atomic mass is 32.1. The summed E-state index contributed by atoms with van der Waals surface area (Å²) in [4.78, 5) is 11.6. The molecule has 0 atom stereocenters. The highest BCUT2D eigenvalue weighted by Crippen LogP contribution is 2.16. The molecule has 14 heavy (non-hydrogen) atoms. The van der Waals surface area contributed by atoms with Crippen molar-refractivity contribution in [2.24, 2.45) is 0 Å². The first-order valence-corrected chi connectivity index (χ1v) is 4.91. The number of aromatic nitrogens is 1. The number of rotatable bonds is 2. The first kappa shape index (κ1) is 9.33. The second-order valence-corrected chi connectivity index (χ2v) is 3.81. The Morgan fingerprint density at radius 3 is 2.93 bits per heavy atom. The van der Waals surface area contributed by atoms with E-state index in [1.165, 1.54) is 17.5 Å². The number of pyridine rings is 1. The van der Waals surface area contributed by atoms with E-state index in [0.717, 1.165) is 9.27 Å². The summed E-state index contributed by atoms with van der Waals surface area (Å²) in [6.45, 7) is -0.537. The van der Waals surface area contributed by atoms with Crippen LogP contribution in [-0.4, -0.2) is 11.0 Å². The molecule has 2 heterocycles. The van der Waals surface area contributed by atoms with Gasteiger partial charge in [-0.3, -0.25) is 4.79 Å². The summed E-state index contributed by atoms with van der Waals surface area (Å²) in [5.41, 5.74) is -0.343. The monoisotopic (exact) mass is 215 g/mol. The van der Waals surface area contributed by atoms with E-state index in [4.69, 9.17) is 0 Å². The minimum atomic E-state index is -2.50. The molecule has 0 unspecified atom stereocenters. The van der Waals surface area contributed by atoms with E-state index in [1.54, 1.807) is 17.5 Å². The number of hydrogen-bond donors (Lipinski definition) is 0. The summed E-state index contributed by atoms with van der Waals surface area (Å²) in [5, 5.41) is 2.29. The molecule has 2 nitrogen and oxygen atoms in total. The van der Waals surface area contributed by atoms with Crippen LogP contribution in [0, 0.1) is 0 Å². The lowest BCUT2D eigenvalue weighted by Gasteiger charge is -2.03. The summed E-state index contributed by atoms with van der Waals surface area (Å²) >= 11 is 1.43. The van der Waals surface area contributed by atoms with Crippen molar-refractivity contribution < 1.29 is 8.78 Å². The van der Waals surface area contributed by atoms with Crippen LogP contribution >= 0.6 is 11.3 Å². The summed E-state index contributed by atoms with van der Waals surface area (Å²) < 4.78 is 26.0. The van der Waals surface area contributed by atoms with Gasteiger partial charge in [0, 0.05) is 10.9 Å². The van der Waals surface area contributed by atoms with Gasteiger partial charge < -0.3 is 4.57 Å². The molecule has 5 heteroatoms. The van der Waals surface area contributed by atoms with E-state index in [2.05, 4.69) is 0 Å². The largest absolute Gasteiger partial charge is 0.309 e. The van der Waals surface area contributed by atoms with Crippen LogP contribution in [0.1, 0.15) is 0 Å². The summed E-state index contributed by atoms with van der Waals surface area (Å²) in [5.74, 6) is 0. The number of hydrogen-bond acceptors (Lipinski definition) is 2.